The first-order valence-electron chi connectivity index (χ1n) is 5.69. The fourth-order valence-electron chi connectivity index (χ4n) is 1.76. The number of nitrogens with two attached hydrogens (primary N) is 1. The van der Waals surface area contributed by atoms with Crippen LogP contribution in [0, 0.1) is 0 Å². The molecule has 0 radical (unpaired) electrons. The van der Waals surface area contributed by atoms with Crippen LogP contribution in [0.4, 0.5) is 11.5 Å². The number of carbonyl (C=O) groups excluding carboxylic acids is 1. The van der Waals surface area contributed by atoms with Crippen LogP contribution in [0.25, 0.3) is 11.0 Å². The van der Waals surface area contributed by atoms with Gasteiger partial charge in [0.25, 0.3) is 5.91 Å². The van der Waals surface area contributed by atoms with Gasteiger partial charge in [-0.25, -0.2) is 4.98 Å². The van der Waals surface area contributed by atoms with Crippen LogP contribution in [0.15, 0.2) is 28.9 Å². The molecule has 0 saturated carbocycles. The highest BCUT2D eigenvalue weighted by Crippen LogP contribution is 2.30. The minimum atomic E-state index is -0.413. The number of halogens is 2. The SMILES string of the molecule is Nc1ncc(Br)cc1C(=O)Nc1c(Cl)ccc2nsnc12. The molecule has 3 rings (SSSR count). The van der Waals surface area contributed by atoms with Gasteiger partial charge in [-0.1, -0.05) is 11.6 Å². The van der Waals surface area contributed by atoms with E-state index in [0.29, 0.717) is 26.2 Å². The van der Waals surface area contributed by atoms with Crippen molar-refractivity contribution >= 4 is 67.7 Å². The first-order chi connectivity index (χ1) is 10.1. The molecule has 2 heterocycles. The summed E-state index contributed by atoms with van der Waals surface area (Å²) in [4.78, 5) is 16.3. The van der Waals surface area contributed by atoms with Crippen LogP contribution in [-0.2, 0) is 0 Å². The molecule has 0 bridgehead atoms. The highest BCUT2D eigenvalue weighted by atomic mass is 79.9. The monoisotopic (exact) mass is 383 g/mol. The minimum Gasteiger partial charge on any atom is -0.383 e. The Bertz CT molecular complexity index is 853. The summed E-state index contributed by atoms with van der Waals surface area (Å²) in [6.07, 6.45) is 1.52. The average Bonchev–Trinajstić information content (AvgIpc) is 2.93. The molecule has 9 heteroatoms. The zero-order valence-electron chi connectivity index (χ0n) is 10.3. The van der Waals surface area contributed by atoms with Gasteiger partial charge in [0.15, 0.2) is 0 Å². The second kappa shape index (κ2) is 5.55. The van der Waals surface area contributed by atoms with Gasteiger partial charge in [-0.2, -0.15) is 8.75 Å². The van der Waals surface area contributed by atoms with Gasteiger partial charge in [0, 0.05) is 10.7 Å². The zero-order valence-corrected chi connectivity index (χ0v) is 13.5. The zero-order chi connectivity index (χ0) is 15.0. The molecule has 0 fully saturated rings. The van der Waals surface area contributed by atoms with Crippen molar-refractivity contribution in [3.05, 3.63) is 39.5 Å². The first kappa shape index (κ1) is 14.2. The van der Waals surface area contributed by atoms with E-state index >= 15 is 0 Å². The fraction of sp³-hybridized carbons (Fsp3) is 0. The largest absolute Gasteiger partial charge is 0.383 e. The Kier molecular flexibility index (Phi) is 3.75. The van der Waals surface area contributed by atoms with E-state index in [1.165, 1.54) is 6.20 Å². The van der Waals surface area contributed by atoms with Crippen LogP contribution >= 0.6 is 39.3 Å². The average molecular weight is 385 g/mol. The number of benzene rings is 1. The summed E-state index contributed by atoms with van der Waals surface area (Å²) in [5.74, 6) is -0.279. The number of aromatic nitrogens is 3. The van der Waals surface area contributed by atoms with Crippen LogP contribution in [0.3, 0.4) is 0 Å². The number of hydrogen-bond donors (Lipinski definition) is 2. The summed E-state index contributed by atoms with van der Waals surface area (Å²) in [5.41, 5.74) is 7.59. The lowest BCUT2D eigenvalue weighted by Gasteiger charge is -2.09. The summed E-state index contributed by atoms with van der Waals surface area (Å²) >= 11 is 10.4. The molecule has 0 aliphatic carbocycles. The molecule has 3 aromatic rings. The molecule has 0 atom stereocenters. The highest BCUT2D eigenvalue weighted by molar-refractivity contribution is 9.10. The molecular formula is C12H7BrClN5OS. The quantitative estimate of drug-likeness (QED) is 0.707. The Hall–Kier alpha value is -1.77. The molecule has 0 spiro atoms. The number of nitrogen functional groups attached to an aromatic ring is 1. The summed E-state index contributed by atoms with van der Waals surface area (Å²) in [5, 5.41) is 3.10. The molecule has 1 amide bonds. The summed E-state index contributed by atoms with van der Waals surface area (Å²) < 4.78 is 8.90. The third-order valence-corrected chi connectivity index (χ3v) is 4.04. The Morgan fingerprint density at radius 1 is 1.38 bits per heavy atom. The number of nitrogens with zero attached hydrogens (tertiary/aromatic N) is 3. The summed E-state index contributed by atoms with van der Waals surface area (Å²) in [7, 11) is 0. The molecule has 2 aromatic heterocycles. The van der Waals surface area contributed by atoms with E-state index in [-0.39, 0.29) is 11.4 Å². The Morgan fingerprint density at radius 2 is 2.19 bits per heavy atom. The number of fused-ring (bicyclic) bond motifs is 1. The third kappa shape index (κ3) is 2.69. The topological polar surface area (TPSA) is 93.8 Å². The number of rotatable bonds is 2. The highest BCUT2D eigenvalue weighted by Gasteiger charge is 2.16. The number of nitrogens with one attached hydrogen (secondary N) is 1. The van der Waals surface area contributed by atoms with Gasteiger partial charge < -0.3 is 11.1 Å². The van der Waals surface area contributed by atoms with Gasteiger partial charge in [-0.15, -0.1) is 0 Å². The van der Waals surface area contributed by atoms with Crippen LogP contribution in [0.1, 0.15) is 10.4 Å². The van der Waals surface area contributed by atoms with Crippen LogP contribution in [0.5, 0.6) is 0 Å². The maximum atomic E-state index is 12.3. The Labute approximate surface area is 136 Å². The third-order valence-electron chi connectivity index (χ3n) is 2.75. The van der Waals surface area contributed by atoms with Crippen LogP contribution < -0.4 is 11.1 Å². The molecule has 106 valence electrons. The second-order valence-electron chi connectivity index (χ2n) is 4.09. The van der Waals surface area contributed by atoms with E-state index in [1.54, 1.807) is 18.2 Å². The van der Waals surface area contributed by atoms with Crippen LogP contribution in [0.2, 0.25) is 5.02 Å². The van der Waals surface area contributed by atoms with Crippen molar-refractivity contribution in [2.45, 2.75) is 0 Å². The van der Waals surface area contributed by atoms with Crippen molar-refractivity contribution < 1.29 is 4.79 Å². The van der Waals surface area contributed by atoms with Gasteiger partial charge in [-0.05, 0) is 34.1 Å². The maximum absolute atomic E-state index is 12.3. The number of pyridine rings is 1. The molecule has 3 N–H and O–H groups in total. The van der Waals surface area contributed by atoms with Crippen molar-refractivity contribution in [3.63, 3.8) is 0 Å². The van der Waals surface area contributed by atoms with Crippen molar-refractivity contribution in [2.24, 2.45) is 0 Å². The van der Waals surface area contributed by atoms with E-state index in [0.717, 1.165) is 11.7 Å². The molecule has 0 aliphatic heterocycles. The van der Waals surface area contributed by atoms with E-state index in [1.807, 2.05) is 0 Å². The fourth-order valence-corrected chi connectivity index (χ4v) is 2.83. The lowest BCUT2D eigenvalue weighted by atomic mass is 10.2. The molecule has 1 aromatic carbocycles. The van der Waals surface area contributed by atoms with E-state index in [4.69, 9.17) is 17.3 Å². The van der Waals surface area contributed by atoms with E-state index < -0.39 is 5.91 Å². The lowest BCUT2D eigenvalue weighted by molar-refractivity contribution is 0.102. The Morgan fingerprint density at radius 3 is 3.00 bits per heavy atom. The van der Waals surface area contributed by atoms with Crippen molar-refractivity contribution in [2.75, 3.05) is 11.1 Å². The number of hydrogen-bond acceptors (Lipinski definition) is 6. The molecular weight excluding hydrogens is 378 g/mol. The normalized spacial score (nSPS) is 10.8. The summed E-state index contributed by atoms with van der Waals surface area (Å²) in [6, 6.07) is 4.99. The molecule has 0 unspecified atom stereocenters. The van der Waals surface area contributed by atoms with Crippen molar-refractivity contribution in [1.82, 2.24) is 13.7 Å². The number of carbonyl (C=O) groups is 1. The standard InChI is InChI=1S/C12H7BrClN5OS/c13-5-3-6(11(15)16-4-5)12(20)17-9-7(14)1-2-8-10(9)19-21-18-8/h1-4H,(H2,15,16)(H,17,20). The molecule has 0 saturated heterocycles. The Balaban J connectivity index is 2.02. The molecule has 0 aliphatic rings. The van der Waals surface area contributed by atoms with Gasteiger partial charge >= 0.3 is 0 Å². The number of anilines is 2. The lowest BCUT2D eigenvalue weighted by Crippen LogP contribution is -2.15. The van der Waals surface area contributed by atoms with Gasteiger partial charge in [0.05, 0.1) is 28.0 Å². The predicted octanol–water partition coefficient (Wildman–Crippen LogP) is 3.34. The molecule has 21 heavy (non-hydrogen) atoms. The van der Waals surface area contributed by atoms with Gasteiger partial charge in [0.2, 0.25) is 0 Å². The van der Waals surface area contributed by atoms with Crippen LogP contribution in [-0.4, -0.2) is 19.6 Å². The first-order valence-corrected chi connectivity index (χ1v) is 7.59. The van der Waals surface area contributed by atoms with Crippen molar-refractivity contribution in [1.29, 1.82) is 0 Å². The predicted molar refractivity (Wildman–Crippen MR) is 86.7 cm³/mol. The van der Waals surface area contributed by atoms with E-state index in [9.17, 15) is 4.79 Å². The minimum absolute atomic E-state index is 0.135. The van der Waals surface area contributed by atoms with Crippen molar-refractivity contribution in [3.8, 4) is 0 Å². The smallest absolute Gasteiger partial charge is 0.259 e. The van der Waals surface area contributed by atoms with Gasteiger partial charge in [-0.3, -0.25) is 4.79 Å². The van der Waals surface area contributed by atoms with Gasteiger partial charge in [0.1, 0.15) is 16.9 Å². The van der Waals surface area contributed by atoms with E-state index in [2.05, 4.69) is 35.0 Å². The number of amides is 1. The second-order valence-corrected chi connectivity index (χ2v) is 5.95. The summed E-state index contributed by atoms with van der Waals surface area (Å²) in [6.45, 7) is 0. The maximum Gasteiger partial charge on any atom is 0.259 e. The molecule has 6 nitrogen and oxygen atoms in total.